The van der Waals surface area contributed by atoms with Crippen LogP contribution in [0.15, 0.2) is 41.3 Å². The van der Waals surface area contributed by atoms with Crippen LogP contribution in [-0.4, -0.2) is 40.9 Å². The average Bonchev–Trinajstić information content (AvgIpc) is 2.72. The van der Waals surface area contributed by atoms with Gasteiger partial charge in [-0.05, 0) is 25.0 Å². The van der Waals surface area contributed by atoms with Crippen LogP contribution >= 0.6 is 12.4 Å². The predicted molar refractivity (Wildman–Crippen MR) is 111 cm³/mol. The number of halogens is 1. The number of aromatic nitrogens is 3. The van der Waals surface area contributed by atoms with E-state index in [1.54, 1.807) is 24.9 Å². The van der Waals surface area contributed by atoms with Crippen molar-refractivity contribution in [3.63, 3.8) is 0 Å². The molecule has 1 aliphatic rings. The maximum absolute atomic E-state index is 13.0. The second-order valence-corrected chi connectivity index (χ2v) is 6.63. The zero-order chi connectivity index (χ0) is 18.8. The van der Waals surface area contributed by atoms with Crippen LogP contribution in [0.25, 0.3) is 22.2 Å². The minimum atomic E-state index is -0.122. The van der Waals surface area contributed by atoms with E-state index in [4.69, 9.17) is 9.47 Å². The monoisotopic (exact) mass is 402 g/mol. The molecule has 0 amide bonds. The lowest BCUT2D eigenvalue weighted by atomic mass is 10.1. The van der Waals surface area contributed by atoms with Crippen molar-refractivity contribution in [2.24, 2.45) is 7.05 Å². The highest BCUT2D eigenvalue weighted by Gasteiger charge is 2.17. The quantitative estimate of drug-likeness (QED) is 0.722. The largest absolute Gasteiger partial charge is 0.496 e. The number of aryl methyl sites for hydroxylation is 1. The first kappa shape index (κ1) is 20.1. The minimum Gasteiger partial charge on any atom is -0.496 e. The maximum atomic E-state index is 13.0. The van der Waals surface area contributed by atoms with Gasteiger partial charge in [0.25, 0.3) is 5.56 Å². The smallest absolute Gasteiger partial charge is 0.259 e. The Morgan fingerprint density at radius 2 is 1.96 bits per heavy atom. The highest BCUT2D eigenvalue weighted by molar-refractivity contribution is 5.85. The molecule has 4 rings (SSSR count). The van der Waals surface area contributed by atoms with Gasteiger partial charge in [0.1, 0.15) is 11.4 Å². The number of pyridine rings is 1. The molecule has 0 atom stereocenters. The molecule has 28 heavy (non-hydrogen) atoms. The van der Waals surface area contributed by atoms with E-state index in [0.717, 1.165) is 37.0 Å². The fraction of sp³-hybridized carbons (Fsp3) is 0.350. The predicted octanol–water partition coefficient (Wildman–Crippen LogP) is 3.02. The first-order valence-corrected chi connectivity index (χ1v) is 9.02. The number of nitrogens with one attached hydrogen (secondary N) is 1. The summed E-state index contributed by atoms with van der Waals surface area (Å²) in [6, 6.07) is 9.61. The number of nitrogens with zero attached hydrogens (tertiary/aromatic N) is 3. The number of hydrogen-bond donors (Lipinski definition) is 1. The van der Waals surface area contributed by atoms with Gasteiger partial charge in [0.2, 0.25) is 5.95 Å². The molecular formula is C20H23ClN4O3. The number of anilines is 1. The van der Waals surface area contributed by atoms with Crippen LogP contribution in [0.2, 0.25) is 0 Å². The van der Waals surface area contributed by atoms with Gasteiger partial charge in [-0.1, -0.05) is 18.2 Å². The van der Waals surface area contributed by atoms with Gasteiger partial charge >= 0.3 is 0 Å². The summed E-state index contributed by atoms with van der Waals surface area (Å²) in [6.07, 6.45) is 3.60. The highest BCUT2D eigenvalue weighted by atomic mass is 35.5. The van der Waals surface area contributed by atoms with Crippen molar-refractivity contribution in [1.29, 1.82) is 0 Å². The Balaban J connectivity index is 0.00000225. The molecule has 0 aliphatic carbocycles. The number of methoxy groups -OCH3 is 1. The molecule has 7 nitrogen and oxygen atoms in total. The van der Waals surface area contributed by atoms with Crippen molar-refractivity contribution in [1.82, 2.24) is 14.5 Å². The van der Waals surface area contributed by atoms with E-state index in [9.17, 15) is 4.79 Å². The Morgan fingerprint density at radius 1 is 1.21 bits per heavy atom. The van der Waals surface area contributed by atoms with E-state index in [1.165, 1.54) is 0 Å². The van der Waals surface area contributed by atoms with E-state index in [1.807, 2.05) is 30.3 Å². The number of benzene rings is 1. The molecule has 0 bridgehead atoms. The summed E-state index contributed by atoms with van der Waals surface area (Å²) in [7, 11) is 3.33. The molecule has 1 fully saturated rings. The summed E-state index contributed by atoms with van der Waals surface area (Å²) in [6.45, 7) is 1.48. The summed E-state index contributed by atoms with van der Waals surface area (Å²) >= 11 is 0. The fourth-order valence-corrected chi connectivity index (χ4v) is 3.40. The lowest BCUT2D eigenvalue weighted by Crippen LogP contribution is -2.29. The Hall–Kier alpha value is -2.64. The molecule has 0 saturated carbocycles. The normalized spacial score (nSPS) is 14.5. The minimum absolute atomic E-state index is 0. The molecule has 2 aromatic heterocycles. The summed E-state index contributed by atoms with van der Waals surface area (Å²) in [5.41, 5.74) is 1.80. The van der Waals surface area contributed by atoms with Crippen LogP contribution in [0, 0.1) is 0 Å². The molecule has 1 aliphatic heterocycles. The van der Waals surface area contributed by atoms with E-state index in [2.05, 4.69) is 15.3 Å². The highest BCUT2D eigenvalue weighted by Crippen LogP contribution is 2.28. The van der Waals surface area contributed by atoms with Crippen LogP contribution in [0.3, 0.4) is 0 Å². The molecule has 0 radical (unpaired) electrons. The standard InChI is InChI=1S/C20H22N4O3.ClH/c1-24-18-13(12-21-20(23-18)22-14-7-9-27-10-8-14)11-16(19(24)25)15-5-3-4-6-17(15)26-2;/h3-6,11-12,14H,7-10H2,1-2H3,(H,21,22,23);1H. The van der Waals surface area contributed by atoms with E-state index < -0.39 is 0 Å². The van der Waals surface area contributed by atoms with Crippen LogP contribution in [0.1, 0.15) is 12.8 Å². The molecule has 8 heteroatoms. The summed E-state index contributed by atoms with van der Waals surface area (Å²) in [4.78, 5) is 22.0. The van der Waals surface area contributed by atoms with Crippen molar-refractivity contribution >= 4 is 29.4 Å². The van der Waals surface area contributed by atoms with Gasteiger partial charge in [0.05, 0.1) is 12.7 Å². The summed E-state index contributed by atoms with van der Waals surface area (Å²) in [5.74, 6) is 1.20. The number of fused-ring (bicyclic) bond motifs is 1. The lowest BCUT2D eigenvalue weighted by molar-refractivity contribution is 0.0903. The second-order valence-electron chi connectivity index (χ2n) is 6.63. The van der Waals surface area contributed by atoms with E-state index >= 15 is 0 Å². The Morgan fingerprint density at radius 3 is 2.71 bits per heavy atom. The van der Waals surface area contributed by atoms with Crippen molar-refractivity contribution in [3.8, 4) is 16.9 Å². The van der Waals surface area contributed by atoms with Crippen LogP contribution < -0.4 is 15.6 Å². The zero-order valence-corrected chi connectivity index (χ0v) is 16.7. The molecule has 148 valence electrons. The Labute approximate surface area is 169 Å². The molecule has 0 spiro atoms. The average molecular weight is 403 g/mol. The van der Waals surface area contributed by atoms with Crippen LogP contribution in [0.5, 0.6) is 5.75 Å². The lowest BCUT2D eigenvalue weighted by Gasteiger charge is -2.23. The number of para-hydroxylation sites is 1. The summed E-state index contributed by atoms with van der Waals surface area (Å²) < 4.78 is 12.4. The van der Waals surface area contributed by atoms with Gasteiger partial charge in [-0.2, -0.15) is 4.98 Å². The molecule has 1 aromatic carbocycles. The third-order valence-corrected chi connectivity index (χ3v) is 4.90. The van der Waals surface area contributed by atoms with Crippen LogP contribution in [-0.2, 0) is 11.8 Å². The summed E-state index contributed by atoms with van der Waals surface area (Å²) in [5, 5.41) is 4.15. The van der Waals surface area contributed by atoms with Gasteiger partial charge in [-0.15, -0.1) is 12.4 Å². The molecule has 0 unspecified atom stereocenters. The van der Waals surface area contributed by atoms with Gasteiger partial charge in [-0.25, -0.2) is 4.98 Å². The number of rotatable bonds is 4. The van der Waals surface area contributed by atoms with Crippen molar-refractivity contribution in [2.45, 2.75) is 18.9 Å². The Bertz CT molecular complexity index is 1030. The van der Waals surface area contributed by atoms with Crippen molar-refractivity contribution in [3.05, 3.63) is 46.9 Å². The fourth-order valence-electron chi connectivity index (χ4n) is 3.40. The van der Waals surface area contributed by atoms with Crippen LogP contribution in [0.4, 0.5) is 5.95 Å². The third kappa shape index (κ3) is 3.81. The topological polar surface area (TPSA) is 78.3 Å². The second kappa shape index (κ2) is 8.58. The molecule has 1 saturated heterocycles. The number of hydrogen-bond acceptors (Lipinski definition) is 6. The first-order chi connectivity index (χ1) is 13.2. The molecule has 3 aromatic rings. The third-order valence-electron chi connectivity index (χ3n) is 4.90. The van der Waals surface area contributed by atoms with E-state index in [0.29, 0.717) is 29.0 Å². The van der Waals surface area contributed by atoms with Gasteiger partial charge in [-0.3, -0.25) is 9.36 Å². The van der Waals surface area contributed by atoms with Crippen molar-refractivity contribution in [2.75, 3.05) is 25.6 Å². The van der Waals surface area contributed by atoms with Crippen molar-refractivity contribution < 1.29 is 9.47 Å². The van der Waals surface area contributed by atoms with E-state index in [-0.39, 0.29) is 18.0 Å². The first-order valence-electron chi connectivity index (χ1n) is 9.02. The zero-order valence-electron chi connectivity index (χ0n) is 15.8. The Kier molecular flexibility index (Phi) is 6.16. The van der Waals surface area contributed by atoms with Gasteiger partial charge in [0, 0.05) is 43.4 Å². The maximum Gasteiger partial charge on any atom is 0.259 e. The number of ether oxygens (including phenoxy) is 2. The molecule has 3 heterocycles. The molecule has 1 N–H and O–H groups in total. The SMILES string of the molecule is COc1ccccc1-c1cc2cnc(NC3CCOCC3)nc2n(C)c1=O.Cl. The molecular weight excluding hydrogens is 380 g/mol. The van der Waals surface area contributed by atoms with Gasteiger partial charge in [0.15, 0.2) is 0 Å². The van der Waals surface area contributed by atoms with Gasteiger partial charge < -0.3 is 14.8 Å².